The number of benzene rings is 1. The SMILES string of the molecule is Cc1ccc(C(F)(F)F)cc1-n1nnnc1CNC(C)C. The number of nitrogens with one attached hydrogen (secondary N) is 1. The molecule has 1 aromatic heterocycles. The van der Waals surface area contributed by atoms with Crippen molar-refractivity contribution in [1.29, 1.82) is 0 Å². The zero-order chi connectivity index (χ0) is 15.6. The van der Waals surface area contributed by atoms with Gasteiger partial charge >= 0.3 is 6.18 Å². The summed E-state index contributed by atoms with van der Waals surface area (Å²) in [6.45, 7) is 6.02. The zero-order valence-corrected chi connectivity index (χ0v) is 11.9. The van der Waals surface area contributed by atoms with E-state index in [4.69, 9.17) is 0 Å². The highest BCUT2D eigenvalue weighted by molar-refractivity contribution is 5.43. The Bertz CT molecular complexity index is 619. The van der Waals surface area contributed by atoms with E-state index in [1.807, 2.05) is 13.8 Å². The molecule has 0 amide bonds. The van der Waals surface area contributed by atoms with Crippen molar-refractivity contribution in [2.24, 2.45) is 0 Å². The van der Waals surface area contributed by atoms with Gasteiger partial charge in [-0.2, -0.15) is 17.9 Å². The summed E-state index contributed by atoms with van der Waals surface area (Å²) in [6, 6.07) is 3.75. The average molecular weight is 299 g/mol. The minimum absolute atomic E-state index is 0.220. The fourth-order valence-corrected chi connectivity index (χ4v) is 1.81. The summed E-state index contributed by atoms with van der Waals surface area (Å²) < 4.78 is 39.8. The largest absolute Gasteiger partial charge is 0.416 e. The Morgan fingerprint density at radius 3 is 2.62 bits per heavy atom. The Balaban J connectivity index is 2.40. The van der Waals surface area contributed by atoms with E-state index in [1.54, 1.807) is 6.92 Å². The molecule has 0 radical (unpaired) electrons. The zero-order valence-electron chi connectivity index (χ0n) is 11.9. The van der Waals surface area contributed by atoms with E-state index in [1.165, 1.54) is 10.7 Å². The van der Waals surface area contributed by atoms with Crippen molar-refractivity contribution < 1.29 is 13.2 Å². The maximum absolute atomic E-state index is 12.8. The van der Waals surface area contributed by atoms with Crippen molar-refractivity contribution in [2.45, 2.75) is 39.5 Å². The fraction of sp³-hybridized carbons (Fsp3) is 0.462. The molecule has 0 aliphatic carbocycles. The van der Waals surface area contributed by atoms with E-state index in [0.717, 1.165) is 12.1 Å². The predicted molar refractivity (Wildman–Crippen MR) is 70.9 cm³/mol. The van der Waals surface area contributed by atoms with E-state index in [0.29, 0.717) is 23.6 Å². The topological polar surface area (TPSA) is 55.6 Å². The molecule has 1 N–H and O–H groups in total. The molecular formula is C13H16F3N5. The first-order valence-electron chi connectivity index (χ1n) is 6.48. The van der Waals surface area contributed by atoms with Gasteiger partial charge in [-0.05, 0) is 35.0 Å². The third-order valence-corrected chi connectivity index (χ3v) is 2.97. The van der Waals surface area contributed by atoms with Crippen molar-refractivity contribution in [2.75, 3.05) is 0 Å². The van der Waals surface area contributed by atoms with Crippen LogP contribution in [0.25, 0.3) is 5.69 Å². The normalized spacial score (nSPS) is 12.1. The maximum atomic E-state index is 12.8. The first-order chi connectivity index (χ1) is 9.79. The van der Waals surface area contributed by atoms with Gasteiger partial charge in [-0.3, -0.25) is 0 Å². The monoisotopic (exact) mass is 299 g/mol. The van der Waals surface area contributed by atoms with Crippen molar-refractivity contribution in [3.63, 3.8) is 0 Å². The highest BCUT2D eigenvalue weighted by Gasteiger charge is 2.31. The van der Waals surface area contributed by atoms with Gasteiger partial charge in [0.05, 0.1) is 17.8 Å². The van der Waals surface area contributed by atoms with Crippen molar-refractivity contribution >= 4 is 0 Å². The first-order valence-corrected chi connectivity index (χ1v) is 6.48. The third kappa shape index (κ3) is 3.57. The van der Waals surface area contributed by atoms with Crippen LogP contribution in [0.4, 0.5) is 13.2 Å². The number of halogens is 3. The van der Waals surface area contributed by atoms with Crippen LogP contribution < -0.4 is 5.32 Å². The predicted octanol–water partition coefficient (Wildman–Crippen LogP) is 2.49. The van der Waals surface area contributed by atoms with Gasteiger partial charge in [-0.25, -0.2) is 0 Å². The lowest BCUT2D eigenvalue weighted by Gasteiger charge is -2.13. The molecule has 0 aliphatic rings. The van der Waals surface area contributed by atoms with Crippen molar-refractivity contribution in [3.8, 4) is 5.69 Å². The Kier molecular flexibility index (Phi) is 4.26. The molecule has 0 aliphatic heterocycles. The second-order valence-electron chi connectivity index (χ2n) is 5.04. The summed E-state index contributed by atoms with van der Waals surface area (Å²) in [5.74, 6) is 0.464. The second kappa shape index (κ2) is 5.80. The molecule has 21 heavy (non-hydrogen) atoms. The van der Waals surface area contributed by atoms with Crippen LogP contribution in [-0.2, 0) is 12.7 Å². The summed E-state index contributed by atoms with van der Waals surface area (Å²) in [6.07, 6.45) is -4.40. The van der Waals surface area contributed by atoms with E-state index in [-0.39, 0.29) is 6.04 Å². The molecule has 0 bridgehead atoms. The Labute approximate surface area is 120 Å². The van der Waals surface area contributed by atoms with Crippen molar-refractivity contribution in [3.05, 3.63) is 35.2 Å². The Morgan fingerprint density at radius 1 is 1.29 bits per heavy atom. The van der Waals surface area contributed by atoms with Crippen LogP contribution in [0.3, 0.4) is 0 Å². The number of hydrogen-bond acceptors (Lipinski definition) is 4. The first kappa shape index (κ1) is 15.4. The van der Waals surface area contributed by atoms with E-state index < -0.39 is 11.7 Å². The molecule has 0 spiro atoms. The Morgan fingerprint density at radius 2 is 2.00 bits per heavy atom. The highest BCUT2D eigenvalue weighted by Crippen LogP contribution is 2.31. The fourth-order valence-electron chi connectivity index (χ4n) is 1.81. The number of nitrogens with zero attached hydrogens (tertiary/aromatic N) is 4. The van der Waals surface area contributed by atoms with Crippen LogP contribution in [0, 0.1) is 6.92 Å². The second-order valence-corrected chi connectivity index (χ2v) is 5.04. The lowest BCUT2D eigenvalue weighted by Crippen LogP contribution is -2.24. The summed E-state index contributed by atoms with van der Waals surface area (Å²) in [4.78, 5) is 0. The van der Waals surface area contributed by atoms with E-state index >= 15 is 0 Å². The molecule has 0 fully saturated rings. The van der Waals surface area contributed by atoms with E-state index in [9.17, 15) is 13.2 Å². The summed E-state index contributed by atoms with van der Waals surface area (Å²) in [5, 5.41) is 14.3. The molecule has 0 saturated heterocycles. The molecule has 2 aromatic rings. The van der Waals surface area contributed by atoms with Gasteiger partial charge in [0.25, 0.3) is 0 Å². The molecule has 0 atom stereocenters. The Hall–Kier alpha value is -1.96. The van der Waals surface area contributed by atoms with Crippen LogP contribution in [0.2, 0.25) is 0 Å². The van der Waals surface area contributed by atoms with Crippen LogP contribution in [0.1, 0.15) is 30.8 Å². The number of alkyl halides is 3. The highest BCUT2D eigenvalue weighted by atomic mass is 19.4. The van der Waals surface area contributed by atoms with Gasteiger partial charge in [-0.1, -0.05) is 19.9 Å². The van der Waals surface area contributed by atoms with E-state index in [2.05, 4.69) is 20.8 Å². The molecule has 114 valence electrons. The molecule has 2 rings (SSSR count). The number of hydrogen-bond donors (Lipinski definition) is 1. The number of aromatic nitrogens is 4. The molecule has 8 heteroatoms. The smallest absolute Gasteiger partial charge is 0.308 e. The molecule has 0 unspecified atom stereocenters. The lowest BCUT2D eigenvalue weighted by atomic mass is 10.1. The third-order valence-electron chi connectivity index (χ3n) is 2.97. The maximum Gasteiger partial charge on any atom is 0.416 e. The average Bonchev–Trinajstić information content (AvgIpc) is 2.83. The summed E-state index contributed by atoms with van der Waals surface area (Å²) in [7, 11) is 0. The van der Waals surface area contributed by atoms with Crippen LogP contribution in [0.15, 0.2) is 18.2 Å². The van der Waals surface area contributed by atoms with Gasteiger partial charge in [0, 0.05) is 6.04 Å². The van der Waals surface area contributed by atoms with Crippen LogP contribution >= 0.6 is 0 Å². The van der Waals surface area contributed by atoms with Gasteiger partial charge in [0.1, 0.15) is 0 Å². The molecule has 5 nitrogen and oxygen atoms in total. The van der Waals surface area contributed by atoms with Crippen LogP contribution in [-0.4, -0.2) is 26.2 Å². The van der Waals surface area contributed by atoms with Gasteiger partial charge in [-0.15, -0.1) is 5.10 Å². The number of aryl methyl sites for hydroxylation is 1. The number of rotatable bonds is 4. The summed E-state index contributed by atoms with van der Waals surface area (Å²) >= 11 is 0. The molecule has 1 heterocycles. The molecular weight excluding hydrogens is 283 g/mol. The summed E-state index contributed by atoms with van der Waals surface area (Å²) in [5.41, 5.74) is 0.276. The molecule has 0 saturated carbocycles. The van der Waals surface area contributed by atoms with Crippen molar-refractivity contribution in [1.82, 2.24) is 25.5 Å². The quantitative estimate of drug-likeness (QED) is 0.942. The lowest BCUT2D eigenvalue weighted by molar-refractivity contribution is -0.137. The standard InChI is InChI=1S/C13H16F3N5/c1-8(2)17-7-12-18-19-20-21(12)11-6-10(13(14,15)16)5-4-9(11)3/h4-6,8,17H,7H2,1-3H3. The van der Waals surface area contributed by atoms with Gasteiger partial charge in [0.2, 0.25) is 0 Å². The minimum atomic E-state index is -4.40. The minimum Gasteiger partial charge on any atom is -0.308 e. The number of tetrazole rings is 1. The van der Waals surface area contributed by atoms with Gasteiger partial charge in [0.15, 0.2) is 5.82 Å². The van der Waals surface area contributed by atoms with Gasteiger partial charge < -0.3 is 5.32 Å². The molecule has 1 aromatic carbocycles. The van der Waals surface area contributed by atoms with Crippen LogP contribution in [0.5, 0.6) is 0 Å².